The van der Waals surface area contributed by atoms with Crippen molar-refractivity contribution in [1.82, 2.24) is 5.32 Å². The van der Waals surface area contributed by atoms with Crippen molar-refractivity contribution in [2.24, 2.45) is 0 Å². The highest BCUT2D eigenvalue weighted by atomic mass is 35.5. The molecule has 1 heterocycles. The van der Waals surface area contributed by atoms with Crippen molar-refractivity contribution >= 4 is 33.3 Å². The Morgan fingerprint density at radius 2 is 1.64 bits per heavy atom. The average Bonchev–Trinajstić information content (AvgIpc) is 2.58. The van der Waals surface area contributed by atoms with Crippen LogP contribution in [0.25, 0.3) is 0 Å². The van der Waals surface area contributed by atoms with Crippen molar-refractivity contribution in [3.05, 3.63) is 63.6 Å². The predicted octanol–water partition coefficient (Wildman–Crippen LogP) is 4.70. The van der Waals surface area contributed by atoms with Gasteiger partial charge in [-0.25, -0.2) is 0 Å². The molecule has 0 bridgehead atoms. The summed E-state index contributed by atoms with van der Waals surface area (Å²) in [6.45, 7) is 3.99. The molecule has 2 N–H and O–H groups in total. The minimum atomic E-state index is -4.02. The van der Waals surface area contributed by atoms with E-state index in [4.69, 9.17) is 27.8 Å². The molecule has 4 nitrogen and oxygen atoms in total. The van der Waals surface area contributed by atoms with Gasteiger partial charge in [-0.15, -0.1) is 0 Å². The van der Waals surface area contributed by atoms with Crippen LogP contribution in [0.5, 0.6) is 0 Å². The minimum Gasteiger partial charge on any atom is -0.317 e. The van der Waals surface area contributed by atoms with E-state index < -0.39 is 10.1 Å². The van der Waals surface area contributed by atoms with Gasteiger partial charge in [-0.2, -0.15) is 8.42 Å². The Hall–Kier alpha value is -1.11. The van der Waals surface area contributed by atoms with Crippen LogP contribution in [0.3, 0.4) is 0 Å². The van der Waals surface area contributed by atoms with E-state index >= 15 is 0 Å². The topological polar surface area (TPSA) is 66.4 Å². The third-order valence-corrected chi connectivity index (χ3v) is 5.78. The molecule has 0 aliphatic carbocycles. The monoisotopic (exact) mass is 401 g/mol. The Morgan fingerprint density at radius 3 is 2.20 bits per heavy atom. The second kappa shape index (κ2) is 9.01. The summed E-state index contributed by atoms with van der Waals surface area (Å²) in [5.74, 6) is 0.572. The van der Waals surface area contributed by atoms with E-state index in [1.54, 1.807) is 12.1 Å². The van der Waals surface area contributed by atoms with Gasteiger partial charge in [0.2, 0.25) is 0 Å². The van der Waals surface area contributed by atoms with Gasteiger partial charge in [0.1, 0.15) is 0 Å². The van der Waals surface area contributed by atoms with Crippen LogP contribution in [0.2, 0.25) is 10.0 Å². The molecule has 0 aromatic heterocycles. The Morgan fingerprint density at radius 1 is 1.04 bits per heavy atom. The number of rotatable bonds is 2. The summed E-state index contributed by atoms with van der Waals surface area (Å²) in [6, 6.07) is 11.9. The summed E-state index contributed by atoms with van der Waals surface area (Å²) in [7, 11) is -4.02. The first-order valence-corrected chi connectivity index (χ1v) is 10.2. The average molecular weight is 402 g/mol. The van der Waals surface area contributed by atoms with Crippen molar-refractivity contribution in [2.45, 2.75) is 30.6 Å². The normalized spacial score (nSPS) is 15.4. The largest absolute Gasteiger partial charge is 0.317 e. The minimum absolute atomic E-state index is 0.0666. The number of piperidine rings is 1. The third kappa shape index (κ3) is 5.97. The lowest BCUT2D eigenvalue weighted by atomic mass is 9.90. The molecule has 0 amide bonds. The fourth-order valence-electron chi connectivity index (χ4n) is 2.68. The van der Waals surface area contributed by atoms with Gasteiger partial charge in [0.05, 0.1) is 14.9 Å². The third-order valence-electron chi connectivity index (χ3n) is 4.08. The molecule has 2 aromatic rings. The molecule has 25 heavy (non-hydrogen) atoms. The standard InChI is InChI=1S/C11H13Cl2N.C7H8O3S/c12-10-3-1-2-9(11(10)13)8-4-6-14-7-5-8;1-6-2-4-7(5-3-6)11(8,9)10/h1-3,8,14H,4-7H2;2-5H,1H3,(H,8,9,10). The zero-order chi connectivity index (χ0) is 18.4. The number of aryl methyl sites for hydroxylation is 1. The van der Waals surface area contributed by atoms with Gasteiger partial charge < -0.3 is 5.32 Å². The highest BCUT2D eigenvalue weighted by Gasteiger charge is 2.18. The quantitative estimate of drug-likeness (QED) is 0.715. The fourth-order valence-corrected chi connectivity index (χ4v) is 3.62. The summed E-state index contributed by atoms with van der Waals surface area (Å²) >= 11 is 12.2. The van der Waals surface area contributed by atoms with Crippen LogP contribution in [-0.4, -0.2) is 26.1 Å². The van der Waals surface area contributed by atoms with E-state index in [0.29, 0.717) is 10.9 Å². The molecular formula is C18H21Cl2NO3S. The zero-order valence-electron chi connectivity index (χ0n) is 13.9. The van der Waals surface area contributed by atoms with Gasteiger partial charge in [0, 0.05) is 0 Å². The first-order valence-electron chi connectivity index (χ1n) is 7.98. The second-order valence-electron chi connectivity index (χ2n) is 5.96. The van der Waals surface area contributed by atoms with E-state index in [9.17, 15) is 8.42 Å². The number of benzene rings is 2. The summed E-state index contributed by atoms with van der Waals surface area (Å²) in [5, 5.41) is 4.75. The van der Waals surface area contributed by atoms with Crippen molar-refractivity contribution in [2.75, 3.05) is 13.1 Å². The molecule has 3 rings (SSSR count). The molecule has 2 aromatic carbocycles. The molecule has 1 fully saturated rings. The van der Waals surface area contributed by atoms with E-state index in [1.165, 1.54) is 17.7 Å². The Balaban J connectivity index is 0.000000186. The van der Waals surface area contributed by atoms with Crippen LogP contribution in [0.4, 0.5) is 0 Å². The predicted molar refractivity (Wildman–Crippen MR) is 102 cm³/mol. The second-order valence-corrected chi connectivity index (χ2v) is 8.16. The van der Waals surface area contributed by atoms with Crippen molar-refractivity contribution < 1.29 is 13.0 Å². The maximum absolute atomic E-state index is 10.5. The van der Waals surface area contributed by atoms with Crippen LogP contribution in [0.15, 0.2) is 47.4 Å². The van der Waals surface area contributed by atoms with Crippen molar-refractivity contribution in [3.8, 4) is 0 Å². The van der Waals surface area contributed by atoms with E-state index in [2.05, 4.69) is 11.4 Å². The fraction of sp³-hybridized carbons (Fsp3) is 0.333. The van der Waals surface area contributed by atoms with Crippen LogP contribution >= 0.6 is 23.2 Å². The van der Waals surface area contributed by atoms with Crippen LogP contribution in [-0.2, 0) is 10.1 Å². The summed E-state index contributed by atoms with van der Waals surface area (Å²) in [6.07, 6.45) is 2.31. The summed E-state index contributed by atoms with van der Waals surface area (Å²) < 4.78 is 29.6. The Bertz CT molecular complexity index is 802. The van der Waals surface area contributed by atoms with Gasteiger partial charge in [-0.3, -0.25) is 4.55 Å². The van der Waals surface area contributed by atoms with Gasteiger partial charge in [-0.05, 0) is 62.5 Å². The van der Waals surface area contributed by atoms with Gasteiger partial charge in [0.25, 0.3) is 10.1 Å². The molecule has 0 unspecified atom stereocenters. The smallest absolute Gasteiger partial charge is 0.294 e. The maximum Gasteiger partial charge on any atom is 0.294 e. The van der Waals surface area contributed by atoms with Crippen LogP contribution in [0, 0.1) is 6.92 Å². The molecule has 1 aliphatic heterocycles. The molecule has 0 spiro atoms. The maximum atomic E-state index is 10.5. The lowest BCUT2D eigenvalue weighted by molar-refractivity contribution is 0.460. The van der Waals surface area contributed by atoms with Gasteiger partial charge in [0.15, 0.2) is 0 Å². The first-order chi connectivity index (χ1) is 11.8. The Labute approximate surface area is 158 Å². The van der Waals surface area contributed by atoms with Gasteiger partial charge >= 0.3 is 0 Å². The first kappa shape index (κ1) is 20.2. The van der Waals surface area contributed by atoms with Crippen LogP contribution in [0.1, 0.15) is 29.9 Å². The number of halogens is 2. The summed E-state index contributed by atoms with van der Waals surface area (Å²) in [4.78, 5) is -0.0666. The highest BCUT2D eigenvalue weighted by molar-refractivity contribution is 7.85. The molecule has 1 aliphatic rings. The van der Waals surface area contributed by atoms with Gasteiger partial charge in [-0.1, -0.05) is 53.0 Å². The molecule has 0 atom stereocenters. The number of nitrogens with one attached hydrogen (secondary N) is 1. The molecule has 136 valence electrons. The van der Waals surface area contributed by atoms with E-state index in [1.807, 2.05) is 19.1 Å². The Kier molecular flexibility index (Phi) is 7.28. The van der Waals surface area contributed by atoms with Crippen molar-refractivity contribution in [3.63, 3.8) is 0 Å². The molecule has 7 heteroatoms. The molecule has 0 radical (unpaired) electrons. The van der Waals surface area contributed by atoms with E-state index in [-0.39, 0.29) is 4.90 Å². The zero-order valence-corrected chi connectivity index (χ0v) is 16.2. The number of hydrogen-bond donors (Lipinski definition) is 2. The number of hydrogen-bond acceptors (Lipinski definition) is 3. The van der Waals surface area contributed by atoms with Crippen molar-refractivity contribution in [1.29, 1.82) is 0 Å². The highest BCUT2D eigenvalue weighted by Crippen LogP contribution is 2.34. The summed E-state index contributed by atoms with van der Waals surface area (Å²) in [5.41, 5.74) is 2.16. The van der Waals surface area contributed by atoms with Crippen LogP contribution < -0.4 is 5.32 Å². The lowest BCUT2D eigenvalue weighted by Gasteiger charge is -2.24. The van der Waals surface area contributed by atoms with E-state index in [0.717, 1.165) is 36.5 Å². The molecule has 0 saturated carbocycles. The molecular weight excluding hydrogens is 381 g/mol. The lowest BCUT2D eigenvalue weighted by Crippen LogP contribution is -2.26. The SMILES string of the molecule is Cc1ccc(S(=O)(=O)O)cc1.Clc1cccc(C2CCNCC2)c1Cl. The molecule has 1 saturated heterocycles.